The Labute approximate surface area is 116 Å². The Kier molecular flexibility index (Phi) is 4.56. The lowest BCUT2D eigenvalue weighted by Crippen LogP contribution is -2.03. The van der Waals surface area contributed by atoms with Crippen LogP contribution < -0.4 is 5.32 Å². The summed E-state index contributed by atoms with van der Waals surface area (Å²) in [6.07, 6.45) is 0. The Morgan fingerprint density at radius 1 is 1.16 bits per heavy atom. The first-order chi connectivity index (χ1) is 9.10. The molecule has 19 heavy (non-hydrogen) atoms. The normalized spacial score (nSPS) is 12.6. The molecule has 1 heterocycles. The molecule has 0 radical (unpaired) electrons. The summed E-state index contributed by atoms with van der Waals surface area (Å²) in [5.41, 5.74) is 2.19. The lowest BCUT2D eigenvalue weighted by Gasteiger charge is -2.06. The largest absolute Gasteiger partial charge is 0.464 e. The van der Waals surface area contributed by atoms with Crippen LogP contribution in [0.1, 0.15) is 22.6 Å². The van der Waals surface area contributed by atoms with Crippen molar-refractivity contribution in [1.29, 1.82) is 0 Å². The number of furan rings is 1. The van der Waals surface area contributed by atoms with Gasteiger partial charge in [-0.15, -0.1) is 0 Å². The molecule has 0 spiro atoms. The fraction of sp³-hybridized carbons (Fsp3) is 0.333. The molecule has 1 N–H and O–H groups in total. The Hall–Kier alpha value is -1.39. The van der Waals surface area contributed by atoms with E-state index in [1.807, 2.05) is 51.2 Å². The van der Waals surface area contributed by atoms with Gasteiger partial charge in [-0.05, 0) is 50.2 Å². The van der Waals surface area contributed by atoms with Gasteiger partial charge in [0, 0.05) is 4.90 Å². The molecule has 4 heteroatoms. The van der Waals surface area contributed by atoms with Gasteiger partial charge in [0.25, 0.3) is 0 Å². The summed E-state index contributed by atoms with van der Waals surface area (Å²) in [7, 11) is 0.810. The third-order valence-corrected chi connectivity index (χ3v) is 4.41. The van der Waals surface area contributed by atoms with Gasteiger partial charge in [-0.25, -0.2) is 0 Å². The Morgan fingerprint density at radius 2 is 1.89 bits per heavy atom. The summed E-state index contributed by atoms with van der Waals surface area (Å²) < 4.78 is 18.0. The number of hydrogen-bond donors (Lipinski definition) is 1. The van der Waals surface area contributed by atoms with Gasteiger partial charge in [-0.2, -0.15) is 0 Å². The quantitative estimate of drug-likeness (QED) is 0.913. The zero-order chi connectivity index (χ0) is 13.8. The van der Waals surface area contributed by atoms with Crippen LogP contribution in [0.3, 0.4) is 0 Å². The van der Waals surface area contributed by atoms with Crippen molar-refractivity contribution in [1.82, 2.24) is 5.32 Å². The molecule has 0 fully saturated rings. The van der Waals surface area contributed by atoms with Gasteiger partial charge in [0.05, 0.1) is 23.1 Å². The van der Waals surface area contributed by atoms with Crippen molar-refractivity contribution in [3.63, 3.8) is 0 Å². The zero-order valence-corrected chi connectivity index (χ0v) is 12.3. The van der Waals surface area contributed by atoms with Crippen LogP contribution in [0.5, 0.6) is 0 Å². The first-order valence-corrected chi connectivity index (χ1v) is 7.60. The van der Waals surface area contributed by atoms with Gasteiger partial charge < -0.3 is 9.73 Å². The van der Waals surface area contributed by atoms with E-state index in [1.165, 1.54) is 0 Å². The van der Waals surface area contributed by atoms with E-state index in [1.54, 1.807) is 0 Å². The summed E-state index contributed by atoms with van der Waals surface area (Å²) >= 11 is 0. The fourth-order valence-corrected chi connectivity index (χ4v) is 3.24. The van der Waals surface area contributed by atoms with Crippen molar-refractivity contribution >= 4 is 10.8 Å². The highest BCUT2D eigenvalue weighted by atomic mass is 32.2. The van der Waals surface area contributed by atoms with Crippen molar-refractivity contribution in [3.8, 4) is 0 Å². The summed E-state index contributed by atoms with van der Waals surface area (Å²) in [4.78, 5) is 0.895. The van der Waals surface area contributed by atoms with Crippen molar-refractivity contribution < 1.29 is 8.63 Å². The molecular weight excluding hydrogens is 258 g/mol. The minimum Gasteiger partial charge on any atom is -0.464 e. The fourth-order valence-electron chi connectivity index (χ4n) is 1.93. The molecule has 0 aliphatic heterocycles. The maximum absolute atomic E-state index is 12.4. The molecule has 1 atom stereocenters. The van der Waals surface area contributed by atoms with E-state index < -0.39 is 10.8 Å². The molecule has 102 valence electrons. The SMILES string of the molecule is CNCc1ccc(CS(=O)c2cc(C)ccc2C)o1. The lowest BCUT2D eigenvalue weighted by molar-refractivity contribution is 0.467. The Balaban J connectivity index is 2.13. The number of hydrogen-bond acceptors (Lipinski definition) is 3. The molecule has 3 nitrogen and oxygen atoms in total. The van der Waals surface area contributed by atoms with E-state index in [2.05, 4.69) is 5.32 Å². The Bertz CT molecular complexity index is 590. The number of nitrogens with one attached hydrogen (secondary N) is 1. The molecule has 2 rings (SSSR count). The van der Waals surface area contributed by atoms with Gasteiger partial charge in [0.1, 0.15) is 11.5 Å². The number of aryl methyl sites for hydroxylation is 2. The summed E-state index contributed by atoms with van der Waals surface area (Å²) in [6.45, 7) is 4.69. The molecule has 0 saturated heterocycles. The van der Waals surface area contributed by atoms with E-state index in [4.69, 9.17) is 4.42 Å². The van der Waals surface area contributed by atoms with Gasteiger partial charge in [0.2, 0.25) is 0 Å². The monoisotopic (exact) mass is 277 g/mol. The average molecular weight is 277 g/mol. The smallest absolute Gasteiger partial charge is 0.117 e. The molecule has 0 amide bonds. The molecule has 1 unspecified atom stereocenters. The van der Waals surface area contributed by atoms with Crippen LogP contribution >= 0.6 is 0 Å². The number of benzene rings is 1. The van der Waals surface area contributed by atoms with Crippen molar-refractivity contribution in [2.75, 3.05) is 7.05 Å². The van der Waals surface area contributed by atoms with Crippen LogP contribution in [0.25, 0.3) is 0 Å². The molecule has 1 aromatic carbocycles. The molecule has 1 aromatic heterocycles. The minimum atomic E-state index is -1.06. The second kappa shape index (κ2) is 6.17. The van der Waals surface area contributed by atoms with Crippen LogP contribution in [0.15, 0.2) is 39.6 Å². The van der Waals surface area contributed by atoms with Crippen LogP contribution in [0.4, 0.5) is 0 Å². The summed E-state index contributed by atoms with van der Waals surface area (Å²) in [6, 6.07) is 9.86. The maximum atomic E-state index is 12.4. The van der Waals surface area contributed by atoms with E-state index in [0.717, 1.165) is 27.5 Å². The third kappa shape index (κ3) is 3.55. The first kappa shape index (κ1) is 14.0. The molecule has 0 aliphatic carbocycles. The van der Waals surface area contributed by atoms with Crippen molar-refractivity contribution in [2.45, 2.75) is 31.0 Å². The number of rotatable bonds is 5. The van der Waals surface area contributed by atoms with E-state index in [9.17, 15) is 4.21 Å². The highest BCUT2D eigenvalue weighted by molar-refractivity contribution is 7.84. The molecule has 0 aliphatic rings. The highest BCUT2D eigenvalue weighted by Gasteiger charge is 2.11. The maximum Gasteiger partial charge on any atom is 0.117 e. The Morgan fingerprint density at radius 3 is 2.63 bits per heavy atom. The van der Waals surface area contributed by atoms with E-state index >= 15 is 0 Å². The summed E-state index contributed by atoms with van der Waals surface area (Å²) in [5.74, 6) is 2.06. The molecule has 0 saturated carbocycles. The van der Waals surface area contributed by atoms with Crippen LogP contribution in [0.2, 0.25) is 0 Å². The zero-order valence-electron chi connectivity index (χ0n) is 11.5. The van der Waals surface area contributed by atoms with Crippen molar-refractivity contribution in [3.05, 3.63) is 53.0 Å². The van der Waals surface area contributed by atoms with Gasteiger partial charge in [-0.3, -0.25) is 4.21 Å². The average Bonchev–Trinajstić information content (AvgIpc) is 2.80. The van der Waals surface area contributed by atoms with E-state index in [0.29, 0.717) is 12.3 Å². The van der Waals surface area contributed by atoms with Crippen molar-refractivity contribution in [2.24, 2.45) is 0 Å². The second-order valence-corrected chi connectivity index (χ2v) is 6.08. The van der Waals surface area contributed by atoms with Crippen LogP contribution in [-0.4, -0.2) is 11.3 Å². The van der Waals surface area contributed by atoms with Gasteiger partial charge in [-0.1, -0.05) is 12.1 Å². The molecular formula is C15H19NO2S. The van der Waals surface area contributed by atoms with Crippen LogP contribution in [-0.2, 0) is 23.1 Å². The topological polar surface area (TPSA) is 42.2 Å². The van der Waals surface area contributed by atoms with Gasteiger partial charge >= 0.3 is 0 Å². The molecule has 0 bridgehead atoms. The van der Waals surface area contributed by atoms with Crippen LogP contribution in [0, 0.1) is 13.8 Å². The minimum absolute atomic E-state index is 0.425. The first-order valence-electron chi connectivity index (χ1n) is 6.28. The van der Waals surface area contributed by atoms with Gasteiger partial charge in [0.15, 0.2) is 0 Å². The highest BCUT2D eigenvalue weighted by Crippen LogP contribution is 2.19. The standard InChI is InChI=1S/C15H19NO2S/c1-11-4-5-12(2)15(8-11)19(17)10-14-7-6-13(18-14)9-16-3/h4-8,16H,9-10H2,1-3H3. The van der Waals surface area contributed by atoms with E-state index in [-0.39, 0.29) is 0 Å². The summed E-state index contributed by atoms with van der Waals surface area (Å²) in [5, 5.41) is 3.03. The third-order valence-electron chi connectivity index (χ3n) is 2.93. The lowest BCUT2D eigenvalue weighted by atomic mass is 10.2. The predicted octanol–water partition coefficient (Wildman–Crippen LogP) is 2.92. The molecule has 2 aromatic rings. The second-order valence-electron chi connectivity index (χ2n) is 4.66. The predicted molar refractivity (Wildman–Crippen MR) is 77.5 cm³/mol.